The number of hydrogen-bond donors (Lipinski definition) is 0. The van der Waals surface area contributed by atoms with Crippen LogP contribution >= 0.6 is 0 Å². The van der Waals surface area contributed by atoms with Crippen molar-refractivity contribution in [3.8, 4) is 22.6 Å². The van der Waals surface area contributed by atoms with E-state index in [0.717, 1.165) is 29.9 Å². The number of ether oxygens (including phenoxy) is 4. The van der Waals surface area contributed by atoms with E-state index in [1.165, 1.54) is 54.4 Å². The van der Waals surface area contributed by atoms with Crippen molar-refractivity contribution in [1.29, 1.82) is 0 Å². The number of benzene rings is 2. The van der Waals surface area contributed by atoms with Crippen molar-refractivity contribution in [3.05, 3.63) is 89.6 Å². The second-order valence-corrected chi connectivity index (χ2v) is 10.4. The number of rotatable bonds is 14. The maximum atomic E-state index is 5.73. The molecule has 0 aliphatic heterocycles. The second kappa shape index (κ2) is 14.9. The summed E-state index contributed by atoms with van der Waals surface area (Å²) in [6, 6.07) is 12.6. The first-order valence-corrected chi connectivity index (χ1v) is 14.4. The molecule has 2 atom stereocenters. The van der Waals surface area contributed by atoms with Gasteiger partial charge in [0.25, 0.3) is 0 Å². The molecule has 4 heteroatoms. The Morgan fingerprint density at radius 3 is 2.13 bits per heavy atom. The van der Waals surface area contributed by atoms with Gasteiger partial charge in [-0.05, 0) is 77.1 Å². The molecular formula is C35H44O4. The van der Waals surface area contributed by atoms with Crippen molar-refractivity contribution in [1.82, 2.24) is 0 Å². The standard InChI is InChI=1S/C35H44O4/c1-5-7-8-9-26-10-12-28(13-11-26)29-14-16-30(17-15-29)35-19-18-31(20-27(35)6-2)32-21-33(38-24-36-3)23-34(22-32)39-25-37-4/h10,12-14,16-23,26,29H,5-9,11,15,24-25H2,1-4H3. The van der Waals surface area contributed by atoms with Gasteiger partial charge in [0.2, 0.25) is 0 Å². The van der Waals surface area contributed by atoms with Crippen molar-refractivity contribution in [2.45, 2.75) is 58.8 Å². The summed E-state index contributed by atoms with van der Waals surface area (Å²) >= 11 is 0. The molecule has 0 heterocycles. The monoisotopic (exact) mass is 528 g/mol. The minimum Gasteiger partial charge on any atom is -0.467 e. The Morgan fingerprint density at radius 1 is 0.769 bits per heavy atom. The minimum atomic E-state index is 0.181. The molecule has 2 unspecified atom stereocenters. The van der Waals surface area contributed by atoms with Gasteiger partial charge in [0.1, 0.15) is 11.5 Å². The maximum Gasteiger partial charge on any atom is 0.188 e. The van der Waals surface area contributed by atoms with Crippen LogP contribution in [0.1, 0.15) is 63.5 Å². The highest BCUT2D eigenvalue weighted by Gasteiger charge is 2.18. The van der Waals surface area contributed by atoms with Crippen LogP contribution in [0, 0.1) is 11.8 Å². The van der Waals surface area contributed by atoms with Gasteiger partial charge in [-0.2, -0.15) is 0 Å². The summed E-state index contributed by atoms with van der Waals surface area (Å²) in [6.07, 6.45) is 22.9. The summed E-state index contributed by atoms with van der Waals surface area (Å²) in [5, 5.41) is 0. The van der Waals surface area contributed by atoms with E-state index in [1.807, 2.05) is 18.2 Å². The second-order valence-electron chi connectivity index (χ2n) is 10.4. The Hall–Kier alpha value is -3.08. The van der Waals surface area contributed by atoms with Crippen LogP contribution < -0.4 is 9.47 Å². The van der Waals surface area contributed by atoms with Crippen LogP contribution in [0.4, 0.5) is 0 Å². The Bertz CT molecular complexity index is 1180. The lowest BCUT2D eigenvalue weighted by Gasteiger charge is -2.23. The summed E-state index contributed by atoms with van der Waals surface area (Å²) in [4.78, 5) is 0. The molecule has 2 aromatic carbocycles. The predicted octanol–water partition coefficient (Wildman–Crippen LogP) is 8.92. The predicted molar refractivity (Wildman–Crippen MR) is 161 cm³/mol. The summed E-state index contributed by atoms with van der Waals surface area (Å²) in [6.45, 7) is 4.86. The molecule has 0 fully saturated rings. The minimum absolute atomic E-state index is 0.181. The van der Waals surface area contributed by atoms with Crippen LogP contribution in [0.5, 0.6) is 11.5 Å². The zero-order chi connectivity index (χ0) is 27.5. The Kier molecular flexibility index (Phi) is 11.1. The molecule has 0 aromatic heterocycles. The van der Waals surface area contributed by atoms with Crippen LogP contribution in [-0.4, -0.2) is 27.8 Å². The molecule has 208 valence electrons. The van der Waals surface area contributed by atoms with E-state index in [9.17, 15) is 0 Å². The van der Waals surface area contributed by atoms with Gasteiger partial charge in [-0.25, -0.2) is 0 Å². The summed E-state index contributed by atoms with van der Waals surface area (Å²) < 4.78 is 21.6. The van der Waals surface area contributed by atoms with E-state index in [4.69, 9.17) is 18.9 Å². The van der Waals surface area contributed by atoms with Gasteiger partial charge >= 0.3 is 0 Å². The fraction of sp³-hybridized carbons (Fsp3) is 0.429. The molecule has 0 radical (unpaired) electrons. The number of allylic oxidation sites excluding steroid dienone is 8. The quantitative estimate of drug-likeness (QED) is 0.181. The van der Waals surface area contributed by atoms with E-state index in [0.29, 0.717) is 17.4 Å². The van der Waals surface area contributed by atoms with Crippen molar-refractivity contribution in [2.75, 3.05) is 27.8 Å². The van der Waals surface area contributed by atoms with Gasteiger partial charge in [-0.1, -0.05) is 87.8 Å². The highest BCUT2D eigenvalue weighted by atomic mass is 16.7. The first-order chi connectivity index (χ1) is 19.1. The van der Waals surface area contributed by atoms with Gasteiger partial charge in [-0.15, -0.1) is 0 Å². The molecule has 0 saturated heterocycles. The van der Waals surface area contributed by atoms with Crippen molar-refractivity contribution >= 4 is 5.57 Å². The zero-order valence-electron chi connectivity index (χ0n) is 24.1. The van der Waals surface area contributed by atoms with E-state index in [-0.39, 0.29) is 13.6 Å². The average Bonchev–Trinajstić information content (AvgIpc) is 2.99. The third-order valence-electron chi connectivity index (χ3n) is 7.62. The van der Waals surface area contributed by atoms with Crippen LogP contribution in [-0.2, 0) is 15.9 Å². The van der Waals surface area contributed by atoms with Crippen LogP contribution in [0.15, 0.2) is 78.4 Å². The first-order valence-electron chi connectivity index (χ1n) is 14.4. The van der Waals surface area contributed by atoms with Gasteiger partial charge in [-0.3, -0.25) is 0 Å². The van der Waals surface area contributed by atoms with Gasteiger partial charge in [0.05, 0.1) is 0 Å². The number of hydrogen-bond acceptors (Lipinski definition) is 4. The molecule has 0 amide bonds. The maximum absolute atomic E-state index is 5.73. The molecule has 0 N–H and O–H groups in total. The average molecular weight is 529 g/mol. The fourth-order valence-corrected chi connectivity index (χ4v) is 5.40. The van der Waals surface area contributed by atoms with E-state index in [2.05, 4.69) is 68.5 Å². The van der Waals surface area contributed by atoms with Gasteiger partial charge in [0.15, 0.2) is 13.6 Å². The highest BCUT2D eigenvalue weighted by molar-refractivity contribution is 5.80. The lowest BCUT2D eigenvalue weighted by Crippen LogP contribution is -2.07. The van der Waals surface area contributed by atoms with E-state index >= 15 is 0 Å². The lowest BCUT2D eigenvalue weighted by atomic mass is 9.82. The zero-order valence-corrected chi connectivity index (χ0v) is 24.1. The molecular weight excluding hydrogens is 484 g/mol. The van der Waals surface area contributed by atoms with E-state index < -0.39 is 0 Å². The largest absolute Gasteiger partial charge is 0.467 e. The molecule has 2 aliphatic rings. The summed E-state index contributed by atoms with van der Waals surface area (Å²) in [5.74, 6) is 2.60. The third kappa shape index (κ3) is 7.97. The smallest absolute Gasteiger partial charge is 0.188 e. The third-order valence-corrected chi connectivity index (χ3v) is 7.62. The van der Waals surface area contributed by atoms with E-state index in [1.54, 1.807) is 14.2 Å². The summed E-state index contributed by atoms with van der Waals surface area (Å²) in [7, 11) is 3.23. The van der Waals surface area contributed by atoms with Crippen LogP contribution in [0.2, 0.25) is 0 Å². The molecule has 0 saturated carbocycles. The molecule has 2 aromatic rings. The Balaban J connectivity index is 1.47. The van der Waals surface area contributed by atoms with Crippen LogP contribution in [0.3, 0.4) is 0 Å². The van der Waals surface area contributed by atoms with Gasteiger partial charge < -0.3 is 18.9 Å². The molecule has 2 aliphatic carbocycles. The molecule has 0 bridgehead atoms. The number of methoxy groups -OCH3 is 2. The Labute approximate surface area is 235 Å². The highest BCUT2D eigenvalue weighted by Crippen LogP contribution is 2.36. The topological polar surface area (TPSA) is 36.9 Å². The molecule has 4 nitrogen and oxygen atoms in total. The summed E-state index contributed by atoms with van der Waals surface area (Å²) in [5.41, 5.74) is 7.59. The van der Waals surface area contributed by atoms with Gasteiger partial charge in [0, 0.05) is 26.2 Å². The number of aryl methyl sites for hydroxylation is 1. The van der Waals surface area contributed by atoms with Crippen molar-refractivity contribution in [3.63, 3.8) is 0 Å². The molecule has 39 heavy (non-hydrogen) atoms. The first kappa shape index (κ1) is 28.9. The number of unbranched alkanes of at least 4 members (excludes halogenated alkanes) is 2. The molecule has 0 spiro atoms. The molecule has 4 rings (SSSR count). The fourth-order valence-electron chi connectivity index (χ4n) is 5.40. The Morgan fingerprint density at radius 2 is 1.54 bits per heavy atom. The van der Waals surface area contributed by atoms with Crippen molar-refractivity contribution < 1.29 is 18.9 Å². The lowest BCUT2D eigenvalue weighted by molar-refractivity contribution is 0.0461. The SMILES string of the molecule is CCCCCC1C=CC(C2C=CC(c3ccc(-c4cc(OCOC)cc(OCOC)c4)cc3CC)=CC2)=CC1. The normalized spacial score (nSPS) is 18.6. The van der Waals surface area contributed by atoms with Crippen LogP contribution in [0.25, 0.3) is 16.7 Å². The van der Waals surface area contributed by atoms with Crippen molar-refractivity contribution in [2.24, 2.45) is 11.8 Å².